The summed E-state index contributed by atoms with van der Waals surface area (Å²) in [5, 5.41) is 17.9. The Morgan fingerprint density at radius 1 is 1.24 bits per heavy atom. The highest BCUT2D eigenvalue weighted by Gasteiger charge is 2.24. The number of aromatic amines is 1. The summed E-state index contributed by atoms with van der Waals surface area (Å²) in [6, 6.07) is 7.40. The van der Waals surface area contributed by atoms with E-state index in [4.69, 9.17) is 28.3 Å². The first kappa shape index (κ1) is 17.5. The number of aromatic carboxylic acids is 1. The van der Waals surface area contributed by atoms with Gasteiger partial charge in [0, 0.05) is 0 Å². The number of fused-ring (bicyclic) bond motifs is 1. The topological polar surface area (TPSA) is 138 Å². The molecule has 1 aromatic heterocycles. The molecule has 0 saturated carbocycles. The summed E-state index contributed by atoms with van der Waals surface area (Å²) in [4.78, 5) is 17.9. The molecule has 5 N–H and O–H groups in total. The van der Waals surface area contributed by atoms with E-state index in [1.165, 1.54) is 6.07 Å². The van der Waals surface area contributed by atoms with Crippen LogP contribution in [0.4, 0.5) is 11.6 Å². The zero-order valence-corrected chi connectivity index (χ0v) is 14.6. The summed E-state index contributed by atoms with van der Waals surface area (Å²) in [7, 11) is -4.23. The summed E-state index contributed by atoms with van der Waals surface area (Å²) in [6.07, 6.45) is 0. The van der Waals surface area contributed by atoms with Gasteiger partial charge in [-0.1, -0.05) is 29.3 Å². The first-order valence-corrected chi connectivity index (χ1v) is 8.98. The molecule has 3 rings (SSSR count). The lowest BCUT2D eigenvalue weighted by Crippen LogP contribution is -2.17. The van der Waals surface area contributed by atoms with E-state index in [1.54, 1.807) is 18.2 Å². The van der Waals surface area contributed by atoms with E-state index < -0.39 is 26.5 Å². The van der Waals surface area contributed by atoms with Gasteiger partial charge in [0.25, 0.3) is 0 Å². The molecule has 0 radical (unpaired) electrons. The third-order valence-corrected chi connectivity index (χ3v) is 5.11. The molecule has 0 fully saturated rings. The minimum Gasteiger partial charge on any atom is -0.478 e. The van der Waals surface area contributed by atoms with Gasteiger partial charge >= 0.3 is 5.97 Å². The van der Waals surface area contributed by atoms with E-state index >= 15 is 0 Å². The lowest BCUT2D eigenvalue weighted by Gasteiger charge is -2.06. The number of carboxylic acids is 1. The molecule has 2 aromatic carbocycles. The molecule has 25 heavy (non-hydrogen) atoms. The first-order chi connectivity index (χ1) is 11.7. The Labute approximate surface area is 151 Å². The van der Waals surface area contributed by atoms with E-state index in [0.717, 1.165) is 6.07 Å². The van der Waals surface area contributed by atoms with Gasteiger partial charge in [-0.3, -0.25) is 0 Å². The number of aromatic nitrogens is 2. The third-order valence-electron chi connectivity index (χ3n) is 3.34. The molecule has 130 valence electrons. The van der Waals surface area contributed by atoms with Crippen LogP contribution in [0.1, 0.15) is 10.4 Å². The van der Waals surface area contributed by atoms with Crippen molar-refractivity contribution in [1.29, 1.82) is 0 Å². The molecule has 0 aliphatic rings. The normalized spacial score (nSPS) is 11.6. The maximum absolute atomic E-state index is 11.6. The smallest absolute Gasteiger partial charge is 0.339 e. The van der Waals surface area contributed by atoms with Gasteiger partial charge in [-0.25, -0.2) is 23.3 Å². The fourth-order valence-electron chi connectivity index (χ4n) is 2.29. The van der Waals surface area contributed by atoms with Crippen molar-refractivity contribution < 1.29 is 18.3 Å². The highest BCUT2D eigenvalue weighted by molar-refractivity contribution is 7.89. The number of sulfonamides is 1. The number of carbonyl (C=O) groups is 1. The van der Waals surface area contributed by atoms with Gasteiger partial charge in [0.15, 0.2) is 0 Å². The quantitative estimate of drug-likeness (QED) is 0.530. The highest BCUT2D eigenvalue weighted by atomic mass is 35.5. The lowest BCUT2D eigenvalue weighted by molar-refractivity contribution is 0.0694. The number of nitrogens with one attached hydrogen (secondary N) is 2. The molecule has 1 heterocycles. The number of anilines is 2. The van der Waals surface area contributed by atoms with Crippen LogP contribution in [0.25, 0.3) is 11.0 Å². The molecular formula is C14H10Cl2N4O4S. The van der Waals surface area contributed by atoms with E-state index in [2.05, 4.69) is 15.3 Å². The van der Waals surface area contributed by atoms with Gasteiger partial charge in [-0.15, -0.1) is 0 Å². The van der Waals surface area contributed by atoms with Crippen molar-refractivity contribution in [3.8, 4) is 0 Å². The molecule has 0 bridgehead atoms. The summed E-state index contributed by atoms with van der Waals surface area (Å²) in [6.45, 7) is 0. The highest BCUT2D eigenvalue weighted by Crippen LogP contribution is 2.32. The molecule has 0 atom stereocenters. The van der Waals surface area contributed by atoms with Crippen LogP contribution in [0.15, 0.2) is 35.2 Å². The zero-order valence-electron chi connectivity index (χ0n) is 12.2. The van der Waals surface area contributed by atoms with Crippen LogP contribution in [-0.2, 0) is 10.0 Å². The van der Waals surface area contributed by atoms with Crippen molar-refractivity contribution in [1.82, 2.24) is 9.97 Å². The Morgan fingerprint density at radius 3 is 2.60 bits per heavy atom. The van der Waals surface area contributed by atoms with Crippen LogP contribution >= 0.6 is 23.2 Å². The fourth-order valence-corrected chi connectivity index (χ4v) is 3.36. The summed E-state index contributed by atoms with van der Waals surface area (Å²) < 4.78 is 23.2. The van der Waals surface area contributed by atoms with Crippen molar-refractivity contribution in [2.24, 2.45) is 5.14 Å². The minimum atomic E-state index is -4.23. The molecule has 0 spiro atoms. The predicted octanol–water partition coefficient (Wildman–Crippen LogP) is 2.96. The molecule has 0 saturated heterocycles. The van der Waals surface area contributed by atoms with Crippen LogP contribution in [0, 0.1) is 0 Å². The summed E-state index contributed by atoms with van der Waals surface area (Å²) >= 11 is 12.0. The standard InChI is InChI=1S/C14H10Cl2N4O4S/c15-6-2-1-3-7(11(6)16)18-14-19-8-4-5-9(25(17,23)24)10(13(21)22)12(8)20-14/h1-5H,(H,21,22)(H2,17,23,24)(H2,18,19,20). The number of hydrogen-bond acceptors (Lipinski definition) is 5. The first-order valence-electron chi connectivity index (χ1n) is 6.68. The molecule has 0 amide bonds. The van der Waals surface area contributed by atoms with Gasteiger partial charge in [-0.05, 0) is 24.3 Å². The van der Waals surface area contributed by atoms with Crippen LogP contribution in [-0.4, -0.2) is 29.5 Å². The molecule has 0 aliphatic carbocycles. The van der Waals surface area contributed by atoms with Gasteiger partial charge in [0.2, 0.25) is 16.0 Å². The number of H-pyrrole nitrogens is 1. The number of hydrogen-bond donors (Lipinski definition) is 4. The minimum absolute atomic E-state index is 0.0559. The summed E-state index contributed by atoms with van der Waals surface area (Å²) in [5.41, 5.74) is 0.184. The van der Waals surface area contributed by atoms with Crippen LogP contribution < -0.4 is 10.5 Å². The van der Waals surface area contributed by atoms with Gasteiger partial charge in [-0.2, -0.15) is 0 Å². The van der Waals surface area contributed by atoms with Gasteiger partial charge in [0.05, 0.1) is 26.1 Å². The van der Waals surface area contributed by atoms with Crippen molar-refractivity contribution >= 4 is 61.9 Å². The van der Waals surface area contributed by atoms with Crippen molar-refractivity contribution in [2.45, 2.75) is 4.90 Å². The Kier molecular flexibility index (Phi) is 4.33. The van der Waals surface area contributed by atoms with Crippen LogP contribution in [0.3, 0.4) is 0 Å². The second-order valence-corrected chi connectivity index (χ2v) is 7.31. The van der Waals surface area contributed by atoms with E-state index in [0.29, 0.717) is 16.2 Å². The second-order valence-electron chi connectivity index (χ2n) is 5.00. The second kappa shape index (κ2) is 6.19. The largest absolute Gasteiger partial charge is 0.478 e. The van der Waals surface area contributed by atoms with Gasteiger partial charge < -0.3 is 15.4 Å². The Balaban J connectivity index is 2.16. The molecule has 11 heteroatoms. The summed E-state index contributed by atoms with van der Waals surface area (Å²) in [5.74, 6) is -1.30. The Hall–Kier alpha value is -2.33. The van der Waals surface area contributed by atoms with Gasteiger partial charge in [0.1, 0.15) is 11.1 Å². The number of halogens is 2. The van der Waals surface area contributed by atoms with Crippen LogP contribution in [0.2, 0.25) is 10.0 Å². The predicted molar refractivity (Wildman–Crippen MR) is 94.2 cm³/mol. The number of benzene rings is 2. The van der Waals surface area contributed by atoms with E-state index in [-0.39, 0.29) is 16.5 Å². The van der Waals surface area contributed by atoms with Crippen molar-refractivity contribution in [3.63, 3.8) is 0 Å². The number of carboxylic acid groups (broad SMARTS) is 1. The Morgan fingerprint density at radius 2 is 1.96 bits per heavy atom. The number of nitrogens with two attached hydrogens (primary N) is 1. The fraction of sp³-hybridized carbons (Fsp3) is 0. The van der Waals surface area contributed by atoms with Crippen molar-refractivity contribution in [2.75, 3.05) is 5.32 Å². The number of nitrogens with zero attached hydrogens (tertiary/aromatic N) is 1. The van der Waals surface area contributed by atoms with E-state index in [9.17, 15) is 18.3 Å². The molecule has 0 unspecified atom stereocenters. The molecule has 8 nitrogen and oxygen atoms in total. The molecular weight excluding hydrogens is 391 g/mol. The third kappa shape index (κ3) is 3.27. The molecule has 0 aliphatic heterocycles. The maximum atomic E-state index is 11.6. The zero-order chi connectivity index (χ0) is 18.4. The lowest BCUT2D eigenvalue weighted by atomic mass is 10.2. The average Bonchev–Trinajstić information content (AvgIpc) is 2.92. The molecule has 3 aromatic rings. The van der Waals surface area contributed by atoms with E-state index in [1.807, 2.05) is 0 Å². The average molecular weight is 401 g/mol. The SMILES string of the molecule is NS(=O)(=O)c1ccc2[nH]c(Nc3cccc(Cl)c3Cl)nc2c1C(=O)O. The number of rotatable bonds is 4. The number of primary sulfonamides is 1. The van der Waals surface area contributed by atoms with Crippen molar-refractivity contribution in [3.05, 3.63) is 45.9 Å². The Bertz CT molecular complexity index is 1110. The number of imidazole rings is 1. The monoisotopic (exact) mass is 400 g/mol. The van der Waals surface area contributed by atoms with Crippen LogP contribution in [0.5, 0.6) is 0 Å². The maximum Gasteiger partial charge on any atom is 0.339 e.